The Morgan fingerprint density at radius 2 is 1.88 bits per heavy atom. The van der Waals surface area contributed by atoms with Gasteiger partial charge in [0.15, 0.2) is 0 Å². The molecule has 1 heterocycles. The van der Waals surface area contributed by atoms with Gasteiger partial charge >= 0.3 is 0 Å². The monoisotopic (exact) mass is 247 g/mol. The Morgan fingerprint density at radius 1 is 1.38 bits per heavy atom. The molecule has 94 valence electrons. The summed E-state index contributed by atoms with van der Waals surface area (Å²) >= 11 is 0. The van der Waals surface area contributed by atoms with Crippen LogP contribution in [0.3, 0.4) is 0 Å². The second-order valence-corrected chi connectivity index (χ2v) is 7.38. The third-order valence-corrected chi connectivity index (χ3v) is 5.81. The van der Waals surface area contributed by atoms with Crippen LogP contribution in [0.25, 0.3) is 0 Å². The summed E-state index contributed by atoms with van der Waals surface area (Å²) in [5.74, 6) is 0.545. The van der Waals surface area contributed by atoms with Crippen LogP contribution in [0.15, 0.2) is 0 Å². The van der Waals surface area contributed by atoms with Gasteiger partial charge < -0.3 is 5.73 Å². The first-order valence-electron chi connectivity index (χ1n) is 5.79. The Bertz CT molecular complexity index is 370. The lowest BCUT2D eigenvalue weighted by molar-refractivity contribution is 0.125. The molecule has 2 fully saturated rings. The van der Waals surface area contributed by atoms with Crippen molar-refractivity contribution in [1.29, 1.82) is 0 Å². The molecular formula is C10H21N3O2S. The summed E-state index contributed by atoms with van der Waals surface area (Å²) in [5.41, 5.74) is 5.90. The molecule has 0 spiro atoms. The van der Waals surface area contributed by atoms with Crippen LogP contribution in [0.4, 0.5) is 0 Å². The lowest BCUT2D eigenvalue weighted by Gasteiger charge is -2.48. The van der Waals surface area contributed by atoms with E-state index in [9.17, 15) is 8.42 Å². The second kappa shape index (κ2) is 3.66. The van der Waals surface area contributed by atoms with Crippen LogP contribution < -0.4 is 5.73 Å². The van der Waals surface area contributed by atoms with Crippen LogP contribution >= 0.6 is 0 Å². The summed E-state index contributed by atoms with van der Waals surface area (Å²) in [7, 11) is -1.67. The van der Waals surface area contributed by atoms with Crippen LogP contribution in [0.2, 0.25) is 0 Å². The third kappa shape index (κ3) is 1.88. The van der Waals surface area contributed by atoms with E-state index in [1.54, 1.807) is 7.05 Å². The van der Waals surface area contributed by atoms with Gasteiger partial charge in [-0.3, -0.25) is 0 Å². The molecule has 16 heavy (non-hydrogen) atoms. The van der Waals surface area contributed by atoms with E-state index in [2.05, 4.69) is 0 Å². The molecule has 0 amide bonds. The molecule has 6 heteroatoms. The van der Waals surface area contributed by atoms with Crippen molar-refractivity contribution in [2.75, 3.05) is 20.1 Å². The Hall–Kier alpha value is -0.170. The van der Waals surface area contributed by atoms with Crippen LogP contribution in [0.1, 0.15) is 26.7 Å². The van der Waals surface area contributed by atoms with Gasteiger partial charge in [-0.2, -0.15) is 17.0 Å². The predicted molar refractivity (Wildman–Crippen MR) is 63.0 cm³/mol. The van der Waals surface area contributed by atoms with Crippen molar-refractivity contribution in [2.45, 2.75) is 38.3 Å². The van der Waals surface area contributed by atoms with Crippen molar-refractivity contribution in [3.63, 3.8) is 0 Å². The summed E-state index contributed by atoms with van der Waals surface area (Å²) < 4.78 is 27.1. The molecule has 2 aliphatic rings. The molecule has 0 aromatic carbocycles. The number of nitrogens with zero attached hydrogens (tertiary/aromatic N) is 2. The van der Waals surface area contributed by atoms with E-state index in [0.29, 0.717) is 19.0 Å². The van der Waals surface area contributed by atoms with Gasteiger partial charge in [-0.05, 0) is 32.6 Å². The largest absolute Gasteiger partial charge is 0.323 e. The zero-order valence-corrected chi connectivity index (χ0v) is 11.0. The van der Waals surface area contributed by atoms with Gasteiger partial charge in [-0.15, -0.1) is 0 Å². The standard InChI is InChI=1S/C10H21N3O2S/c1-8(2)12(3)16(14,15)13-6-10(11,7-13)9-4-5-9/h8-9H,4-7,11H2,1-3H3. The van der Waals surface area contributed by atoms with Crippen molar-refractivity contribution >= 4 is 10.2 Å². The highest BCUT2D eigenvalue weighted by atomic mass is 32.2. The third-order valence-electron chi connectivity index (χ3n) is 3.75. The molecule has 2 N–H and O–H groups in total. The van der Waals surface area contributed by atoms with Gasteiger partial charge in [-0.1, -0.05) is 0 Å². The molecule has 0 aromatic rings. The Kier molecular flexibility index (Phi) is 2.81. The maximum atomic E-state index is 12.1. The first-order valence-corrected chi connectivity index (χ1v) is 7.19. The first kappa shape index (κ1) is 12.3. The van der Waals surface area contributed by atoms with Gasteiger partial charge in [0.1, 0.15) is 0 Å². The average molecular weight is 247 g/mol. The van der Waals surface area contributed by atoms with Gasteiger partial charge in [-0.25, -0.2) is 0 Å². The highest BCUT2D eigenvalue weighted by Gasteiger charge is 2.54. The normalized spacial score (nSPS) is 26.1. The summed E-state index contributed by atoms with van der Waals surface area (Å²) in [5, 5.41) is 0. The Balaban J connectivity index is 2.00. The molecule has 0 bridgehead atoms. The number of hydrogen-bond acceptors (Lipinski definition) is 3. The maximum absolute atomic E-state index is 12.1. The minimum Gasteiger partial charge on any atom is -0.323 e. The van der Waals surface area contributed by atoms with E-state index in [0.717, 1.165) is 12.8 Å². The summed E-state index contributed by atoms with van der Waals surface area (Å²) in [6.45, 7) is 4.70. The number of rotatable bonds is 4. The van der Waals surface area contributed by atoms with E-state index >= 15 is 0 Å². The van der Waals surface area contributed by atoms with E-state index in [1.807, 2.05) is 13.8 Å². The summed E-state index contributed by atoms with van der Waals surface area (Å²) in [6, 6.07) is -0.0151. The minimum atomic E-state index is -3.29. The van der Waals surface area contributed by atoms with E-state index in [-0.39, 0.29) is 11.6 Å². The fourth-order valence-corrected chi connectivity index (χ4v) is 3.84. The maximum Gasteiger partial charge on any atom is 0.282 e. The number of hydrogen-bond donors (Lipinski definition) is 1. The van der Waals surface area contributed by atoms with Gasteiger partial charge in [0, 0.05) is 31.7 Å². The quantitative estimate of drug-likeness (QED) is 0.760. The van der Waals surface area contributed by atoms with Crippen molar-refractivity contribution in [3.05, 3.63) is 0 Å². The molecule has 0 aromatic heterocycles. The summed E-state index contributed by atoms with van der Waals surface area (Å²) in [4.78, 5) is 0. The topological polar surface area (TPSA) is 66.6 Å². The summed E-state index contributed by atoms with van der Waals surface area (Å²) in [6.07, 6.45) is 2.31. The van der Waals surface area contributed by atoms with Gasteiger partial charge in [0.2, 0.25) is 0 Å². The molecule has 1 aliphatic carbocycles. The van der Waals surface area contributed by atoms with Crippen molar-refractivity contribution < 1.29 is 8.42 Å². The van der Waals surface area contributed by atoms with Gasteiger partial charge in [0.25, 0.3) is 10.2 Å². The van der Waals surface area contributed by atoms with Crippen LogP contribution in [0, 0.1) is 5.92 Å². The Labute approximate surface area is 97.8 Å². The minimum absolute atomic E-state index is 0.0151. The molecule has 0 radical (unpaired) electrons. The molecule has 1 aliphatic heterocycles. The van der Waals surface area contributed by atoms with Crippen molar-refractivity contribution in [1.82, 2.24) is 8.61 Å². The zero-order valence-electron chi connectivity index (χ0n) is 10.2. The molecule has 2 rings (SSSR count). The van der Waals surface area contributed by atoms with E-state index in [1.165, 1.54) is 8.61 Å². The van der Waals surface area contributed by atoms with Crippen molar-refractivity contribution in [2.24, 2.45) is 11.7 Å². The highest BCUT2D eigenvalue weighted by molar-refractivity contribution is 7.86. The molecule has 0 atom stereocenters. The van der Waals surface area contributed by atoms with Crippen LogP contribution in [-0.4, -0.2) is 48.7 Å². The zero-order chi connectivity index (χ0) is 12.1. The molecule has 1 saturated heterocycles. The molecular weight excluding hydrogens is 226 g/mol. The van der Waals surface area contributed by atoms with Crippen molar-refractivity contribution in [3.8, 4) is 0 Å². The van der Waals surface area contributed by atoms with Gasteiger partial charge in [0.05, 0.1) is 0 Å². The predicted octanol–water partition coefficient (Wildman–Crippen LogP) is -0.00550. The number of nitrogens with two attached hydrogens (primary N) is 1. The van der Waals surface area contributed by atoms with E-state index < -0.39 is 10.2 Å². The average Bonchev–Trinajstić information content (AvgIpc) is 2.94. The fourth-order valence-electron chi connectivity index (χ4n) is 2.14. The molecule has 5 nitrogen and oxygen atoms in total. The lowest BCUT2D eigenvalue weighted by Crippen LogP contribution is -2.71. The fraction of sp³-hybridized carbons (Fsp3) is 1.00. The molecule has 1 saturated carbocycles. The highest BCUT2D eigenvalue weighted by Crippen LogP contribution is 2.43. The first-order chi connectivity index (χ1) is 7.27. The van der Waals surface area contributed by atoms with Crippen LogP contribution in [0.5, 0.6) is 0 Å². The SMILES string of the molecule is CC(C)N(C)S(=O)(=O)N1CC(N)(C2CC2)C1. The van der Waals surface area contributed by atoms with Crippen LogP contribution in [-0.2, 0) is 10.2 Å². The Morgan fingerprint density at radius 3 is 2.25 bits per heavy atom. The smallest absolute Gasteiger partial charge is 0.282 e. The second-order valence-electron chi connectivity index (χ2n) is 5.39. The van der Waals surface area contributed by atoms with E-state index in [4.69, 9.17) is 5.73 Å². The molecule has 0 unspecified atom stereocenters. The lowest BCUT2D eigenvalue weighted by atomic mass is 9.88.